The number of halogens is 7. The highest BCUT2D eigenvalue weighted by atomic mass is 35.5. The molecule has 0 aliphatic carbocycles. The molecule has 104 valence electrons. The molecule has 1 rings (SSSR count). The van der Waals surface area contributed by atoms with E-state index in [0.717, 1.165) is 12.1 Å². The van der Waals surface area contributed by atoms with E-state index in [-0.39, 0.29) is 12.4 Å². The summed E-state index contributed by atoms with van der Waals surface area (Å²) in [7, 11) is 0. The van der Waals surface area contributed by atoms with E-state index in [1.54, 1.807) is 0 Å². The summed E-state index contributed by atoms with van der Waals surface area (Å²) in [6, 6.07) is 2.28. The van der Waals surface area contributed by atoms with Crippen molar-refractivity contribution in [3.63, 3.8) is 0 Å². The second kappa shape index (κ2) is 5.79. The van der Waals surface area contributed by atoms with Crippen LogP contribution in [0.25, 0.3) is 0 Å². The molecule has 0 heterocycles. The maximum absolute atomic E-state index is 12.5. The number of hydrogen-bond donors (Lipinski definition) is 1. The van der Waals surface area contributed by atoms with Crippen LogP contribution in [0.1, 0.15) is 23.6 Å². The Hall–Kier alpha value is -0.950. The van der Waals surface area contributed by atoms with Crippen molar-refractivity contribution in [1.29, 1.82) is 0 Å². The Kier molecular flexibility index (Phi) is 5.49. The second-order valence-electron chi connectivity index (χ2n) is 3.51. The predicted molar refractivity (Wildman–Crippen MR) is 56.3 cm³/mol. The lowest BCUT2D eigenvalue weighted by Crippen LogP contribution is -2.23. The number of benzene rings is 1. The molecule has 1 aromatic carbocycles. The summed E-state index contributed by atoms with van der Waals surface area (Å²) < 4.78 is 73.7. The molecule has 0 aliphatic heterocycles. The van der Waals surface area contributed by atoms with Gasteiger partial charge in [0.1, 0.15) is 0 Å². The number of hydrogen-bond acceptors (Lipinski definition) is 1. The lowest BCUT2D eigenvalue weighted by Gasteiger charge is -2.19. The van der Waals surface area contributed by atoms with E-state index in [4.69, 9.17) is 5.73 Å². The Bertz CT molecular complexity index is 387. The topological polar surface area (TPSA) is 26.0 Å². The summed E-state index contributed by atoms with van der Waals surface area (Å²) in [5, 5.41) is 0. The average molecular weight is 294 g/mol. The fraction of sp³-hybridized carbons (Fsp3) is 0.400. The van der Waals surface area contributed by atoms with Crippen LogP contribution in [-0.2, 0) is 6.18 Å². The van der Waals surface area contributed by atoms with Crippen LogP contribution in [0.4, 0.5) is 26.3 Å². The molecule has 0 unspecified atom stereocenters. The molecule has 0 fully saturated rings. The minimum absolute atomic E-state index is 0. The third-order valence-electron chi connectivity index (χ3n) is 2.12. The van der Waals surface area contributed by atoms with Crippen LogP contribution in [0.2, 0.25) is 0 Å². The first-order valence-electron chi connectivity index (χ1n) is 4.60. The minimum Gasteiger partial charge on any atom is -0.324 e. The first-order valence-corrected chi connectivity index (χ1v) is 4.60. The van der Waals surface area contributed by atoms with Gasteiger partial charge in [-0.1, -0.05) is 18.2 Å². The van der Waals surface area contributed by atoms with Gasteiger partial charge >= 0.3 is 12.4 Å². The zero-order chi connectivity index (χ0) is 13.3. The molecule has 1 nitrogen and oxygen atoms in total. The summed E-state index contributed by atoms with van der Waals surface area (Å²) >= 11 is 0. The van der Waals surface area contributed by atoms with E-state index >= 15 is 0 Å². The Morgan fingerprint density at radius 2 is 1.50 bits per heavy atom. The fourth-order valence-corrected chi connectivity index (χ4v) is 1.44. The predicted octanol–water partition coefficient (Wildman–Crippen LogP) is 4.08. The van der Waals surface area contributed by atoms with Gasteiger partial charge in [0.2, 0.25) is 0 Å². The van der Waals surface area contributed by atoms with E-state index in [9.17, 15) is 26.3 Å². The van der Waals surface area contributed by atoms with Crippen molar-refractivity contribution in [2.45, 2.75) is 24.8 Å². The molecule has 0 aromatic heterocycles. The molecule has 1 aromatic rings. The molecule has 1 atom stereocenters. The first-order chi connectivity index (χ1) is 7.61. The normalized spacial score (nSPS) is 13.9. The lowest BCUT2D eigenvalue weighted by atomic mass is 9.98. The highest BCUT2D eigenvalue weighted by Gasteiger charge is 2.37. The molecule has 0 spiro atoms. The Labute approximate surface area is 105 Å². The molecular formula is C10H10ClF6N. The summed E-state index contributed by atoms with van der Waals surface area (Å²) in [5.74, 6) is 0. The molecular weight excluding hydrogens is 284 g/mol. The quantitative estimate of drug-likeness (QED) is 0.817. The van der Waals surface area contributed by atoms with Crippen LogP contribution in [0.15, 0.2) is 24.3 Å². The van der Waals surface area contributed by atoms with Crippen molar-refractivity contribution in [2.75, 3.05) is 0 Å². The third kappa shape index (κ3) is 4.73. The van der Waals surface area contributed by atoms with E-state index in [0.29, 0.717) is 6.07 Å². The maximum atomic E-state index is 12.5. The van der Waals surface area contributed by atoms with Crippen molar-refractivity contribution in [1.82, 2.24) is 0 Å². The van der Waals surface area contributed by atoms with Crippen LogP contribution < -0.4 is 5.73 Å². The van der Waals surface area contributed by atoms with Gasteiger partial charge in [0.05, 0.1) is 12.0 Å². The number of alkyl halides is 6. The zero-order valence-corrected chi connectivity index (χ0v) is 9.66. The maximum Gasteiger partial charge on any atom is 0.416 e. The van der Waals surface area contributed by atoms with Crippen LogP contribution in [0.3, 0.4) is 0 Å². The van der Waals surface area contributed by atoms with E-state index in [1.165, 1.54) is 6.07 Å². The smallest absolute Gasteiger partial charge is 0.324 e. The zero-order valence-electron chi connectivity index (χ0n) is 8.85. The highest BCUT2D eigenvalue weighted by molar-refractivity contribution is 5.85. The minimum atomic E-state index is -4.71. The average Bonchev–Trinajstić information content (AvgIpc) is 2.13. The van der Waals surface area contributed by atoms with Crippen molar-refractivity contribution in [3.8, 4) is 0 Å². The highest BCUT2D eigenvalue weighted by Crippen LogP contribution is 2.36. The lowest BCUT2D eigenvalue weighted by molar-refractivity contribution is -0.144. The van der Waals surface area contributed by atoms with Crippen molar-refractivity contribution in [2.24, 2.45) is 5.73 Å². The van der Waals surface area contributed by atoms with Crippen LogP contribution >= 0.6 is 12.4 Å². The van der Waals surface area contributed by atoms with Crippen molar-refractivity contribution < 1.29 is 26.3 Å². The van der Waals surface area contributed by atoms with Crippen LogP contribution in [-0.4, -0.2) is 6.18 Å². The van der Waals surface area contributed by atoms with E-state index in [2.05, 4.69) is 0 Å². The second-order valence-corrected chi connectivity index (χ2v) is 3.51. The van der Waals surface area contributed by atoms with E-state index < -0.39 is 35.9 Å². The third-order valence-corrected chi connectivity index (χ3v) is 2.12. The van der Waals surface area contributed by atoms with Gasteiger partial charge in [0.25, 0.3) is 0 Å². The van der Waals surface area contributed by atoms with Gasteiger partial charge in [0, 0.05) is 6.04 Å². The molecule has 0 saturated heterocycles. The van der Waals surface area contributed by atoms with Gasteiger partial charge in [-0.25, -0.2) is 0 Å². The van der Waals surface area contributed by atoms with Gasteiger partial charge in [-0.2, -0.15) is 26.3 Å². The summed E-state index contributed by atoms with van der Waals surface area (Å²) in [6.07, 6.45) is -10.8. The molecule has 2 N–H and O–H groups in total. The number of nitrogens with two attached hydrogens (primary N) is 1. The molecule has 8 heteroatoms. The van der Waals surface area contributed by atoms with Gasteiger partial charge in [0.15, 0.2) is 0 Å². The largest absolute Gasteiger partial charge is 0.416 e. The monoisotopic (exact) mass is 293 g/mol. The molecule has 0 bridgehead atoms. The SMILES string of the molecule is Cl.N[C@H](CC(F)(F)F)c1ccccc1C(F)(F)F. The Morgan fingerprint density at radius 3 is 1.94 bits per heavy atom. The Morgan fingerprint density at radius 1 is 1.00 bits per heavy atom. The summed E-state index contributed by atoms with van der Waals surface area (Å²) in [5.41, 5.74) is 3.49. The van der Waals surface area contributed by atoms with Crippen LogP contribution in [0.5, 0.6) is 0 Å². The molecule has 0 saturated carbocycles. The summed E-state index contributed by atoms with van der Waals surface area (Å²) in [6.45, 7) is 0. The number of rotatable bonds is 2. The first kappa shape index (κ1) is 17.1. The van der Waals surface area contributed by atoms with Gasteiger partial charge in [-0.15, -0.1) is 12.4 Å². The standard InChI is InChI=1S/C10H9F6N.ClH/c11-9(12,13)5-8(17)6-3-1-2-4-7(6)10(14,15)16;/h1-4,8H,5,17H2;1H/t8-;/m1./s1. The van der Waals surface area contributed by atoms with Gasteiger partial charge < -0.3 is 5.73 Å². The molecule has 0 amide bonds. The molecule has 18 heavy (non-hydrogen) atoms. The fourth-order valence-electron chi connectivity index (χ4n) is 1.44. The van der Waals surface area contributed by atoms with E-state index in [1.807, 2.05) is 0 Å². The molecule has 0 radical (unpaired) electrons. The molecule has 0 aliphatic rings. The van der Waals surface area contributed by atoms with Crippen molar-refractivity contribution in [3.05, 3.63) is 35.4 Å². The van der Waals surface area contributed by atoms with Crippen LogP contribution in [0, 0.1) is 0 Å². The van der Waals surface area contributed by atoms with Crippen molar-refractivity contribution >= 4 is 12.4 Å². The van der Waals surface area contributed by atoms with Gasteiger partial charge in [-0.05, 0) is 11.6 Å². The van der Waals surface area contributed by atoms with Gasteiger partial charge in [-0.3, -0.25) is 0 Å². The Balaban J connectivity index is 0.00000289. The summed E-state index contributed by atoms with van der Waals surface area (Å²) in [4.78, 5) is 0.